The zero-order valence-corrected chi connectivity index (χ0v) is 11.2. The van der Waals surface area contributed by atoms with Gasteiger partial charge >= 0.3 is 0 Å². The molecule has 0 unspecified atom stereocenters. The van der Waals surface area contributed by atoms with Crippen LogP contribution in [0.4, 0.5) is 0 Å². The van der Waals surface area contributed by atoms with Crippen LogP contribution >= 0.6 is 0 Å². The Balaban J connectivity index is 2.25. The molecule has 0 aliphatic rings. The number of hydrogen-bond donors (Lipinski definition) is 1. The molecule has 1 atom stereocenters. The van der Waals surface area contributed by atoms with Crippen molar-refractivity contribution in [3.63, 3.8) is 0 Å². The third kappa shape index (κ3) is 1.92. The molecule has 0 saturated carbocycles. The molecule has 3 heteroatoms. The number of nitrogens with two attached hydrogens (primary N) is 1. The molecule has 0 aliphatic carbocycles. The van der Waals surface area contributed by atoms with Gasteiger partial charge in [-0.2, -0.15) is 5.10 Å². The van der Waals surface area contributed by atoms with Crippen LogP contribution in [-0.2, 0) is 0 Å². The van der Waals surface area contributed by atoms with Gasteiger partial charge < -0.3 is 5.73 Å². The van der Waals surface area contributed by atoms with E-state index >= 15 is 0 Å². The number of rotatable bonds is 2. The predicted molar refractivity (Wildman–Crippen MR) is 78.4 cm³/mol. The highest BCUT2D eigenvalue weighted by atomic mass is 15.3. The molecule has 96 valence electrons. The van der Waals surface area contributed by atoms with Crippen LogP contribution in [0.1, 0.15) is 24.2 Å². The fourth-order valence-corrected chi connectivity index (χ4v) is 2.51. The summed E-state index contributed by atoms with van der Waals surface area (Å²) in [5.74, 6) is 0. The van der Waals surface area contributed by atoms with E-state index in [1.54, 1.807) is 0 Å². The van der Waals surface area contributed by atoms with E-state index < -0.39 is 0 Å². The second-order valence-electron chi connectivity index (χ2n) is 4.88. The van der Waals surface area contributed by atoms with Crippen LogP contribution in [0.3, 0.4) is 0 Å². The van der Waals surface area contributed by atoms with Crippen molar-refractivity contribution in [2.75, 3.05) is 0 Å². The molecular weight excluding hydrogens is 234 g/mol. The molecule has 2 N–H and O–H groups in total. The lowest BCUT2D eigenvalue weighted by molar-refractivity contribution is 0.798. The van der Waals surface area contributed by atoms with Crippen LogP contribution in [0, 0.1) is 6.92 Å². The summed E-state index contributed by atoms with van der Waals surface area (Å²) in [5, 5.41) is 6.92. The van der Waals surface area contributed by atoms with Crippen molar-refractivity contribution in [1.82, 2.24) is 9.78 Å². The Hall–Kier alpha value is -2.13. The molecule has 1 heterocycles. The summed E-state index contributed by atoms with van der Waals surface area (Å²) in [6.07, 6.45) is 1.86. The highest BCUT2D eigenvalue weighted by Crippen LogP contribution is 2.25. The van der Waals surface area contributed by atoms with Crippen molar-refractivity contribution in [1.29, 1.82) is 0 Å². The summed E-state index contributed by atoms with van der Waals surface area (Å²) in [4.78, 5) is 0. The lowest BCUT2D eigenvalue weighted by atomic mass is 10.1. The van der Waals surface area contributed by atoms with Gasteiger partial charge in [-0.15, -0.1) is 0 Å². The standard InChI is InChI=1S/C16H17N3/c1-11(17)15-10-18-19(12(15)2)16-9-5-7-13-6-3-4-8-14(13)16/h3-11H,17H2,1-2H3/t11-/m0/s1. The molecule has 0 bridgehead atoms. The van der Waals surface area contributed by atoms with E-state index in [-0.39, 0.29) is 6.04 Å². The summed E-state index contributed by atoms with van der Waals surface area (Å²) in [6, 6.07) is 14.6. The fraction of sp³-hybridized carbons (Fsp3) is 0.188. The summed E-state index contributed by atoms with van der Waals surface area (Å²) < 4.78 is 1.97. The minimum absolute atomic E-state index is 0.00345. The van der Waals surface area contributed by atoms with Gasteiger partial charge in [0.15, 0.2) is 0 Å². The van der Waals surface area contributed by atoms with E-state index in [1.807, 2.05) is 17.8 Å². The van der Waals surface area contributed by atoms with Crippen LogP contribution in [0.25, 0.3) is 16.5 Å². The Morgan fingerprint density at radius 2 is 1.84 bits per heavy atom. The molecule has 3 nitrogen and oxygen atoms in total. The number of aromatic nitrogens is 2. The summed E-state index contributed by atoms with van der Waals surface area (Å²) in [7, 11) is 0. The third-order valence-electron chi connectivity index (χ3n) is 3.53. The van der Waals surface area contributed by atoms with Crippen molar-refractivity contribution >= 4 is 10.8 Å². The van der Waals surface area contributed by atoms with E-state index in [0.717, 1.165) is 16.9 Å². The van der Waals surface area contributed by atoms with E-state index in [2.05, 4.69) is 54.5 Å². The first-order chi connectivity index (χ1) is 9.18. The van der Waals surface area contributed by atoms with Crippen molar-refractivity contribution in [3.05, 3.63) is 59.9 Å². The first-order valence-corrected chi connectivity index (χ1v) is 6.46. The number of hydrogen-bond acceptors (Lipinski definition) is 2. The van der Waals surface area contributed by atoms with Gasteiger partial charge in [-0.05, 0) is 25.3 Å². The third-order valence-corrected chi connectivity index (χ3v) is 3.53. The monoisotopic (exact) mass is 251 g/mol. The topological polar surface area (TPSA) is 43.8 Å². The molecular formula is C16H17N3. The minimum Gasteiger partial charge on any atom is -0.324 e. The van der Waals surface area contributed by atoms with Gasteiger partial charge in [0, 0.05) is 22.7 Å². The zero-order chi connectivity index (χ0) is 13.4. The molecule has 3 aromatic rings. The van der Waals surface area contributed by atoms with Crippen molar-refractivity contribution < 1.29 is 0 Å². The van der Waals surface area contributed by atoms with Gasteiger partial charge in [0.05, 0.1) is 11.9 Å². The number of nitrogens with zero attached hydrogens (tertiary/aromatic N) is 2. The van der Waals surface area contributed by atoms with Crippen LogP contribution in [0.5, 0.6) is 0 Å². The Morgan fingerprint density at radius 3 is 2.58 bits per heavy atom. The Labute approximate surface area is 112 Å². The molecule has 0 amide bonds. The Morgan fingerprint density at radius 1 is 1.11 bits per heavy atom. The lowest BCUT2D eigenvalue weighted by Gasteiger charge is -2.10. The van der Waals surface area contributed by atoms with E-state index in [9.17, 15) is 0 Å². The molecule has 0 saturated heterocycles. The second kappa shape index (κ2) is 4.52. The van der Waals surface area contributed by atoms with Crippen molar-refractivity contribution in [3.8, 4) is 5.69 Å². The SMILES string of the molecule is Cc1c([C@H](C)N)cnn1-c1cccc2ccccc12. The zero-order valence-electron chi connectivity index (χ0n) is 11.2. The van der Waals surface area contributed by atoms with Crippen LogP contribution in [0.15, 0.2) is 48.7 Å². The van der Waals surface area contributed by atoms with Crippen LogP contribution in [-0.4, -0.2) is 9.78 Å². The fourth-order valence-electron chi connectivity index (χ4n) is 2.51. The molecule has 0 spiro atoms. The Kier molecular flexibility index (Phi) is 2.84. The quantitative estimate of drug-likeness (QED) is 0.759. The summed E-state index contributed by atoms with van der Waals surface area (Å²) in [6.45, 7) is 4.05. The highest BCUT2D eigenvalue weighted by Gasteiger charge is 2.12. The lowest BCUT2D eigenvalue weighted by Crippen LogP contribution is -2.07. The second-order valence-corrected chi connectivity index (χ2v) is 4.88. The van der Waals surface area contributed by atoms with Crippen molar-refractivity contribution in [2.24, 2.45) is 5.73 Å². The molecule has 3 rings (SSSR count). The number of fused-ring (bicyclic) bond motifs is 1. The Bertz CT molecular complexity index is 720. The van der Waals surface area contributed by atoms with Gasteiger partial charge in [0.25, 0.3) is 0 Å². The van der Waals surface area contributed by atoms with Gasteiger partial charge in [-0.3, -0.25) is 0 Å². The van der Waals surface area contributed by atoms with E-state index in [1.165, 1.54) is 10.8 Å². The maximum Gasteiger partial charge on any atom is 0.0727 e. The molecule has 0 radical (unpaired) electrons. The smallest absolute Gasteiger partial charge is 0.0727 e. The molecule has 1 aromatic heterocycles. The average Bonchev–Trinajstić information content (AvgIpc) is 2.80. The molecule has 19 heavy (non-hydrogen) atoms. The predicted octanol–water partition coefficient (Wildman–Crippen LogP) is 3.35. The van der Waals surface area contributed by atoms with Crippen LogP contribution in [0.2, 0.25) is 0 Å². The first kappa shape index (κ1) is 11.9. The van der Waals surface area contributed by atoms with Gasteiger partial charge in [0.2, 0.25) is 0 Å². The van der Waals surface area contributed by atoms with Crippen LogP contribution < -0.4 is 5.73 Å². The van der Waals surface area contributed by atoms with Gasteiger partial charge in [-0.1, -0.05) is 36.4 Å². The maximum atomic E-state index is 5.97. The number of benzene rings is 2. The molecule has 2 aromatic carbocycles. The summed E-state index contributed by atoms with van der Waals surface area (Å²) in [5.41, 5.74) is 9.26. The maximum absolute atomic E-state index is 5.97. The van der Waals surface area contributed by atoms with Gasteiger partial charge in [0.1, 0.15) is 0 Å². The first-order valence-electron chi connectivity index (χ1n) is 6.46. The largest absolute Gasteiger partial charge is 0.324 e. The normalized spacial score (nSPS) is 12.8. The van der Waals surface area contributed by atoms with Gasteiger partial charge in [-0.25, -0.2) is 4.68 Å². The van der Waals surface area contributed by atoms with E-state index in [4.69, 9.17) is 5.73 Å². The van der Waals surface area contributed by atoms with Crippen molar-refractivity contribution in [2.45, 2.75) is 19.9 Å². The molecule has 0 fully saturated rings. The molecule has 0 aliphatic heterocycles. The average molecular weight is 251 g/mol. The van der Waals surface area contributed by atoms with E-state index in [0.29, 0.717) is 0 Å². The minimum atomic E-state index is 0.00345. The highest BCUT2D eigenvalue weighted by molar-refractivity contribution is 5.90. The summed E-state index contributed by atoms with van der Waals surface area (Å²) >= 11 is 0.